The van der Waals surface area contributed by atoms with Gasteiger partial charge in [-0.05, 0) is 59.9 Å². The normalized spacial score (nSPS) is 24.9. The van der Waals surface area contributed by atoms with Crippen molar-refractivity contribution >= 4 is 23.0 Å². The zero-order valence-electron chi connectivity index (χ0n) is 15.8. The van der Waals surface area contributed by atoms with Crippen LogP contribution in [-0.2, 0) is 16.1 Å². The van der Waals surface area contributed by atoms with Crippen LogP contribution < -0.4 is 0 Å². The van der Waals surface area contributed by atoms with E-state index in [1.54, 1.807) is 0 Å². The first kappa shape index (κ1) is 18.1. The average molecular weight is 369 g/mol. The molecule has 27 heavy (non-hydrogen) atoms. The van der Waals surface area contributed by atoms with E-state index in [9.17, 15) is 18.8 Å². The Hall–Kier alpha value is -2.30. The molecule has 1 unspecified atom stereocenters. The van der Waals surface area contributed by atoms with Gasteiger partial charge >= 0.3 is 0 Å². The van der Waals surface area contributed by atoms with E-state index in [1.807, 2.05) is 0 Å². The maximum Gasteiger partial charge on any atom is 0.255 e. The second-order valence-electron chi connectivity index (χ2n) is 8.75. The summed E-state index contributed by atoms with van der Waals surface area (Å²) < 4.78 is 14.3. The van der Waals surface area contributed by atoms with Crippen molar-refractivity contribution in [1.82, 2.24) is 4.90 Å². The molecule has 0 aromatic heterocycles. The van der Waals surface area contributed by atoms with Gasteiger partial charge in [-0.15, -0.1) is 0 Å². The van der Waals surface area contributed by atoms with E-state index in [1.165, 1.54) is 17.0 Å². The number of allylic oxidation sites excluding steroid dienone is 2. The number of carbonyl (C=O) groups is 3. The van der Waals surface area contributed by atoms with Crippen LogP contribution >= 0.6 is 0 Å². The lowest BCUT2D eigenvalue weighted by Gasteiger charge is -2.30. The SMILES string of the molecule is CC1(C)CC=C(c2cc(F)cc3c2CN(C2CCC(=O)CC2=O)C3=O)CC1. The fraction of sp³-hybridized carbons (Fsp3) is 0.500. The Bertz CT molecular complexity index is 884. The van der Waals surface area contributed by atoms with Crippen molar-refractivity contribution in [2.24, 2.45) is 5.41 Å². The number of Topliss-reactive ketones (excluding diaryl/α,β-unsaturated/α-hetero) is 2. The highest BCUT2D eigenvalue weighted by Gasteiger charge is 2.40. The van der Waals surface area contributed by atoms with Crippen LogP contribution in [-0.4, -0.2) is 28.4 Å². The molecule has 1 heterocycles. The lowest BCUT2D eigenvalue weighted by Crippen LogP contribution is -2.44. The van der Waals surface area contributed by atoms with Crippen LogP contribution in [0.15, 0.2) is 18.2 Å². The molecule has 1 amide bonds. The van der Waals surface area contributed by atoms with Gasteiger partial charge in [0, 0.05) is 18.5 Å². The van der Waals surface area contributed by atoms with E-state index in [0.717, 1.165) is 36.0 Å². The van der Waals surface area contributed by atoms with E-state index in [2.05, 4.69) is 19.9 Å². The molecule has 3 aliphatic rings. The van der Waals surface area contributed by atoms with E-state index in [0.29, 0.717) is 24.9 Å². The number of amides is 1. The standard InChI is InChI=1S/C22H24FNO3/c1-22(2)7-5-13(6-8-22)16-9-14(23)10-17-18(16)12-24(21(17)27)19-4-3-15(25)11-20(19)26/h5,9-10,19H,3-4,6-8,11-12H2,1-2H3. The summed E-state index contributed by atoms with van der Waals surface area (Å²) in [4.78, 5) is 38.3. The first-order valence-corrected chi connectivity index (χ1v) is 9.62. The van der Waals surface area contributed by atoms with E-state index >= 15 is 0 Å². The quantitative estimate of drug-likeness (QED) is 0.739. The van der Waals surface area contributed by atoms with Gasteiger partial charge in [-0.25, -0.2) is 4.39 Å². The summed E-state index contributed by atoms with van der Waals surface area (Å²) in [5.74, 6) is -0.986. The van der Waals surface area contributed by atoms with Gasteiger partial charge in [-0.3, -0.25) is 14.4 Å². The number of halogens is 1. The highest BCUT2D eigenvalue weighted by atomic mass is 19.1. The van der Waals surface area contributed by atoms with Gasteiger partial charge in [0.05, 0.1) is 12.5 Å². The maximum absolute atomic E-state index is 14.3. The largest absolute Gasteiger partial charge is 0.324 e. The number of ketones is 2. The van der Waals surface area contributed by atoms with Gasteiger partial charge in [-0.2, -0.15) is 0 Å². The molecule has 0 bridgehead atoms. The average Bonchev–Trinajstić information content (AvgIpc) is 2.91. The van der Waals surface area contributed by atoms with E-state index in [-0.39, 0.29) is 29.3 Å². The zero-order chi connectivity index (χ0) is 19.3. The molecule has 1 saturated carbocycles. The summed E-state index contributed by atoms with van der Waals surface area (Å²) in [7, 11) is 0. The third-order valence-corrected chi connectivity index (χ3v) is 6.17. The minimum atomic E-state index is -0.572. The smallest absolute Gasteiger partial charge is 0.255 e. The first-order chi connectivity index (χ1) is 12.7. The van der Waals surface area contributed by atoms with Crippen LogP contribution in [0.4, 0.5) is 4.39 Å². The molecule has 1 aromatic carbocycles. The Morgan fingerprint density at radius 1 is 1.11 bits per heavy atom. The number of nitrogens with zero attached hydrogens (tertiary/aromatic N) is 1. The molecule has 4 rings (SSSR count). The summed E-state index contributed by atoms with van der Waals surface area (Å²) in [6, 6.07) is 2.23. The van der Waals surface area contributed by atoms with Gasteiger partial charge in [-0.1, -0.05) is 19.9 Å². The number of carbonyl (C=O) groups excluding carboxylic acids is 3. The van der Waals surface area contributed by atoms with Crippen molar-refractivity contribution in [3.05, 3.63) is 40.7 Å². The molecule has 5 heteroatoms. The molecular formula is C22H24FNO3. The summed E-state index contributed by atoms with van der Waals surface area (Å²) in [6.45, 7) is 4.75. The number of fused-ring (bicyclic) bond motifs is 1. The van der Waals surface area contributed by atoms with Crippen LogP contribution in [0.3, 0.4) is 0 Å². The van der Waals surface area contributed by atoms with E-state index < -0.39 is 11.9 Å². The second kappa shape index (κ2) is 6.39. The van der Waals surface area contributed by atoms with Crippen molar-refractivity contribution < 1.29 is 18.8 Å². The summed E-state index contributed by atoms with van der Waals surface area (Å²) in [5, 5.41) is 0. The van der Waals surface area contributed by atoms with Crippen molar-refractivity contribution in [2.45, 2.75) is 65.0 Å². The van der Waals surface area contributed by atoms with Crippen LogP contribution in [0.25, 0.3) is 5.57 Å². The summed E-state index contributed by atoms with van der Waals surface area (Å²) >= 11 is 0. The fourth-order valence-corrected chi connectivity index (χ4v) is 4.44. The Morgan fingerprint density at radius 2 is 1.85 bits per heavy atom. The molecule has 1 aliphatic heterocycles. The highest BCUT2D eigenvalue weighted by molar-refractivity contribution is 6.08. The zero-order valence-corrected chi connectivity index (χ0v) is 15.8. The van der Waals surface area contributed by atoms with Gasteiger partial charge in [0.1, 0.15) is 11.6 Å². The van der Waals surface area contributed by atoms with E-state index in [4.69, 9.17) is 0 Å². The Balaban J connectivity index is 1.68. The molecular weight excluding hydrogens is 345 g/mol. The molecule has 1 atom stereocenters. The van der Waals surface area contributed by atoms with Crippen LogP contribution in [0, 0.1) is 11.2 Å². The molecule has 0 radical (unpaired) electrons. The van der Waals surface area contributed by atoms with Gasteiger partial charge in [0.2, 0.25) is 0 Å². The lowest BCUT2D eigenvalue weighted by atomic mass is 9.76. The lowest BCUT2D eigenvalue weighted by molar-refractivity contribution is -0.133. The second-order valence-corrected chi connectivity index (χ2v) is 8.75. The molecule has 4 nitrogen and oxygen atoms in total. The third-order valence-electron chi connectivity index (χ3n) is 6.17. The Morgan fingerprint density at radius 3 is 2.52 bits per heavy atom. The highest BCUT2D eigenvalue weighted by Crippen LogP contribution is 2.41. The predicted molar refractivity (Wildman–Crippen MR) is 99.5 cm³/mol. The number of benzene rings is 1. The number of hydrogen-bond acceptors (Lipinski definition) is 3. The maximum atomic E-state index is 14.3. The molecule has 1 aromatic rings. The fourth-order valence-electron chi connectivity index (χ4n) is 4.44. The minimum Gasteiger partial charge on any atom is -0.324 e. The van der Waals surface area contributed by atoms with Gasteiger partial charge < -0.3 is 4.90 Å². The molecule has 2 aliphatic carbocycles. The van der Waals surface area contributed by atoms with Crippen LogP contribution in [0.2, 0.25) is 0 Å². The number of rotatable bonds is 2. The molecule has 0 saturated heterocycles. The first-order valence-electron chi connectivity index (χ1n) is 9.62. The Kier molecular flexibility index (Phi) is 4.28. The monoisotopic (exact) mass is 369 g/mol. The van der Waals surface area contributed by atoms with Gasteiger partial charge in [0.15, 0.2) is 5.78 Å². The molecule has 142 valence electrons. The topological polar surface area (TPSA) is 54.5 Å². The molecule has 0 N–H and O–H groups in total. The number of hydrogen-bond donors (Lipinski definition) is 0. The van der Waals surface area contributed by atoms with Crippen molar-refractivity contribution in [2.75, 3.05) is 0 Å². The Labute approximate surface area is 158 Å². The van der Waals surface area contributed by atoms with Crippen LogP contribution in [0.1, 0.15) is 73.9 Å². The van der Waals surface area contributed by atoms with Crippen molar-refractivity contribution in [3.8, 4) is 0 Å². The predicted octanol–water partition coefficient (Wildman–Crippen LogP) is 4.07. The summed E-state index contributed by atoms with van der Waals surface area (Å²) in [6.07, 6.45) is 5.54. The third kappa shape index (κ3) is 3.24. The van der Waals surface area contributed by atoms with Gasteiger partial charge in [0.25, 0.3) is 5.91 Å². The molecule has 1 fully saturated rings. The molecule has 0 spiro atoms. The van der Waals surface area contributed by atoms with Crippen molar-refractivity contribution in [1.29, 1.82) is 0 Å². The minimum absolute atomic E-state index is 0.0675. The van der Waals surface area contributed by atoms with Crippen molar-refractivity contribution in [3.63, 3.8) is 0 Å². The van der Waals surface area contributed by atoms with Crippen LogP contribution in [0.5, 0.6) is 0 Å². The summed E-state index contributed by atoms with van der Waals surface area (Å²) in [5.41, 5.74) is 3.31.